The number of carboxylic acids is 1. The minimum absolute atomic E-state index is 0.0912. The summed E-state index contributed by atoms with van der Waals surface area (Å²) in [5.41, 5.74) is 3.47. The Morgan fingerprint density at radius 3 is 2.36 bits per heavy atom. The van der Waals surface area contributed by atoms with E-state index < -0.39 is 5.97 Å². The Kier molecular flexibility index (Phi) is 5.71. The highest BCUT2D eigenvalue weighted by molar-refractivity contribution is 5.70. The van der Waals surface area contributed by atoms with Crippen LogP contribution in [-0.2, 0) is 24.2 Å². The number of hydrogen-bond donors (Lipinski definition) is 1. The minimum atomic E-state index is -0.784. The predicted octanol–water partition coefficient (Wildman–Crippen LogP) is 3.39. The van der Waals surface area contributed by atoms with E-state index in [1.807, 2.05) is 24.3 Å². The van der Waals surface area contributed by atoms with Crippen LogP contribution < -0.4 is 4.74 Å². The molecule has 3 rings (SSSR count). The van der Waals surface area contributed by atoms with Crippen LogP contribution in [0.4, 0.5) is 0 Å². The van der Waals surface area contributed by atoms with Gasteiger partial charge in [-0.05, 0) is 54.1 Å². The number of rotatable bonds is 7. The third-order valence-electron chi connectivity index (χ3n) is 4.84. The standard InChI is InChI=1S/C21H25NO3/c1-25-20-8-6-16(7-9-20)12-19-10-11-22(15-19)14-18-4-2-17(3-5-18)13-21(23)24/h2-9,19H,10-15H2,1H3,(H,23,24). The normalized spacial score (nSPS) is 17.6. The largest absolute Gasteiger partial charge is 0.497 e. The number of aliphatic carboxylic acids is 1. The Bertz CT molecular complexity index is 694. The molecule has 1 N–H and O–H groups in total. The van der Waals surface area contributed by atoms with Crippen LogP contribution in [0.2, 0.25) is 0 Å². The summed E-state index contributed by atoms with van der Waals surface area (Å²) in [7, 11) is 1.69. The van der Waals surface area contributed by atoms with E-state index in [-0.39, 0.29) is 6.42 Å². The van der Waals surface area contributed by atoms with Crippen molar-refractivity contribution in [2.45, 2.75) is 25.8 Å². The van der Waals surface area contributed by atoms with Crippen molar-refractivity contribution in [3.8, 4) is 5.75 Å². The molecular formula is C21H25NO3. The molecule has 0 saturated carbocycles. The summed E-state index contributed by atoms with van der Waals surface area (Å²) >= 11 is 0. The third kappa shape index (κ3) is 5.07. The van der Waals surface area contributed by atoms with E-state index in [9.17, 15) is 4.79 Å². The maximum absolute atomic E-state index is 10.7. The van der Waals surface area contributed by atoms with E-state index >= 15 is 0 Å². The van der Waals surface area contributed by atoms with Crippen LogP contribution in [0.3, 0.4) is 0 Å². The molecule has 132 valence electrons. The first kappa shape index (κ1) is 17.5. The van der Waals surface area contributed by atoms with Gasteiger partial charge >= 0.3 is 5.97 Å². The maximum atomic E-state index is 10.7. The van der Waals surface area contributed by atoms with Gasteiger partial charge in [0, 0.05) is 13.1 Å². The first-order chi connectivity index (χ1) is 12.1. The summed E-state index contributed by atoms with van der Waals surface area (Å²) in [6.07, 6.45) is 2.43. The maximum Gasteiger partial charge on any atom is 0.307 e. The second-order valence-corrected chi connectivity index (χ2v) is 6.83. The molecule has 25 heavy (non-hydrogen) atoms. The molecule has 0 spiro atoms. The van der Waals surface area contributed by atoms with Crippen molar-refractivity contribution < 1.29 is 14.6 Å². The Labute approximate surface area is 149 Å². The average Bonchev–Trinajstić information content (AvgIpc) is 3.04. The van der Waals surface area contributed by atoms with Gasteiger partial charge in [-0.3, -0.25) is 9.69 Å². The fourth-order valence-electron chi connectivity index (χ4n) is 3.51. The Hall–Kier alpha value is -2.33. The highest BCUT2D eigenvalue weighted by atomic mass is 16.5. The van der Waals surface area contributed by atoms with E-state index in [2.05, 4.69) is 29.2 Å². The summed E-state index contributed by atoms with van der Waals surface area (Å²) < 4.78 is 5.21. The number of carboxylic acid groups (broad SMARTS) is 1. The molecule has 4 heteroatoms. The Morgan fingerprint density at radius 1 is 1.08 bits per heavy atom. The molecule has 0 amide bonds. The van der Waals surface area contributed by atoms with Crippen LogP contribution in [-0.4, -0.2) is 36.2 Å². The molecule has 0 aliphatic carbocycles. The molecule has 2 aromatic carbocycles. The summed E-state index contributed by atoms with van der Waals surface area (Å²) in [5, 5.41) is 8.83. The Balaban J connectivity index is 1.49. The molecular weight excluding hydrogens is 314 g/mol. The first-order valence-corrected chi connectivity index (χ1v) is 8.77. The average molecular weight is 339 g/mol. The van der Waals surface area contributed by atoms with Crippen molar-refractivity contribution in [3.05, 3.63) is 65.2 Å². The lowest BCUT2D eigenvalue weighted by Gasteiger charge is -2.16. The van der Waals surface area contributed by atoms with Crippen molar-refractivity contribution in [2.75, 3.05) is 20.2 Å². The molecule has 4 nitrogen and oxygen atoms in total. The van der Waals surface area contributed by atoms with Gasteiger partial charge < -0.3 is 9.84 Å². The van der Waals surface area contributed by atoms with Crippen molar-refractivity contribution in [1.82, 2.24) is 4.90 Å². The van der Waals surface area contributed by atoms with Crippen molar-refractivity contribution >= 4 is 5.97 Å². The fraction of sp³-hybridized carbons (Fsp3) is 0.381. The number of methoxy groups -OCH3 is 1. The number of carbonyl (C=O) groups is 1. The second-order valence-electron chi connectivity index (χ2n) is 6.83. The van der Waals surface area contributed by atoms with Crippen LogP contribution in [0.15, 0.2) is 48.5 Å². The van der Waals surface area contributed by atoms with Crippen LogP contribution in [0.25, 0.3) is 0 Å². The van der Waals surface area contributed by atoms with E-state index in [1.165, 1.54) is 17.5 Å². The fourth-order valence-corrected chi connectivity index (χ4v) is 3.51. The molecule has 1 heterocycles. The second kappa shape index (κ2) is 8.17. The van der Waals surface area contributed by atoms with Gasteiger partial charge in [0.15, 0.2) is 0 Å². The third-order valence-corrected chi connectivity index (χ3v) is 4.84. The number of ether oxygens (including phenoxy) is 1. The number of benzene rings is 2. The van der Waals surface area contributed by atoms with Crippen LogP contribution >= 0.6 is 0 Å². The SMILES string of the molecule is COc1ccc(CC2CCN(Cc3ccc(CC(=O)O)cc3)C2)cc1. The van der Waals surface area contributed by atoms with Crippen LogP contribution in [0.5, 0.6) is 5.75 Å². The van der Waals surface area contributed by atoms with Crippen LogP contribution in [0.1, 0.15) is 23.1 Å². The molecule has 1 atom stereocenters. The summed E-state index contributed by atoms with van der Waals surface area (Å²) in [6.45, 7) is 3.17. The Morgan fingerprint density at radius 2 is 1.72 bits per heavy atom. The molecule has 0 aromatic heterocycles. The van der Waals surface area contributed by atoms with Gasteiger partial charge in [0.25, 0.3) is 0 Å². The summed E-state index contributed by atoms with van der Waals surface area (Å²) in [5.74, 6) is 0.816. The van der Waals surface area contributed by atoms with Gasteiger partial charge in [0.05, 0.1) is 13.5 Å². The van der Waals surface area contributed by atoms with Gasteiger partial charge in [-0.15, -0.1) is 0 Å². The molecule has 2 aromatic rings. The molecule has 1 aliphatic heterocycles. The zero-order chi connectivity index (χ0) is 17.6. The van der Waals surface area contributed by atoms with Crippen molar-refractivity contribution in [1.29, 1.82) is 0 Å². The predicted molar refractivity (Wildman–Crippen MR) is 97.9 cm³/mol. The van der Waals surface area contributed by atoms with Gasteiger partial charge in [-0.25, -0.2) is 0 Å². The summed E-state index contributed by atoms with van der Waals surface area (Å²) in [4.78, 5) is 13.2. The minimum Gasteiger partial charge on any atom is -0.497 e. The van der Waals surface area contributed by atoms with Crippen molar-refractivity contribution in [3.63, 3.8) is 0 Å². The summed E-state index contributed by atoms with van der Waals surface area (Å²) in [6, 6.07) is 16.3. The lowest BCUT2D eigenvalue weighted by Crippen LogP contribution is -2.20. The topological polar surface area (TPSA) is 49.8 Å². The lowest BCUT2D eigenvalue weighted by atomic mass is 9.99. The highest BCUT2D eigenvalue weighted by Gasteiger charge is 2.22. The van der Waals surface area contributed by atoms with Gasteiger partial charge in [0.2, 0.25) is 0 Å². The van der Waals surface area contributed by atoms with E-state index in [1.54, 1.807) is 7.11 Å². The quantitative estimate of drug-likeness (QED) is 0.840. The molecule has 0 bridgehead atoms. The van der Waals surface area contributed by atoms with Crippen LogP contribution in [0, 0.1) is 5.92 Å². The van der Waals surface area contributed by atoms with Gasteiger partial charge in [0.1, 0.15) is 5.75 Å². The zero-order valence-corrected chi connectivity index (χ0v) is 14.6. The monoisotopic (exact) mass is 339 g/mol. The van der Waals surface area contributed by atoms with E-state index in [0.29, 0.717) is 5.92 Å². The molecule has 1 fully saturated rings. The number of hydrogen-bond acceptors (Lipinski definition) is 3. The molecule has 1 saturated heterocycles. The number of nitrogens with zero attached hydrogens (tertiary/aromatic N) is 1. The van der Waals surface area contributed by atoms with E-state index in [0.717, 1.165) is 37.4 Å². The molecule has 1 unspecified atom stereocenters. The zero-order valence-electron chi connectivity index (χ0n) is 14.6. The van der Waals surface area contributed by atoms with Gasteiger partial charge in [-0.1, -0.05) is 36.4 Å². The smallest absolute Gasteiger partial charge is 0.307 e. The van der Waals surface area contributed by atoms with Crippen molar-refractivity contribution in [2.24, 2.45) is 5.92 Å². The highest BCUT2D eigenvalue weighted by Crippen LogP contribution is 2.23. The first-order valence-electron chi connectivity index (χ1n) is 8.77. The lowest BCUT2D eigenvalue weighted by molar-refractivity contribution is -0.136. The van der Waals surface area contributed by atoms with E-state index in [4.69, 9.17) is 9.84 Å². The molecule has 1 aliphatic rings. The number of likely N-dealkylation sites (tertiary alicyclic amines) is 1. The van der Waals surface area contributed by atoms with Gasteiger partial charge in [-0.2, -0.15) is 0 Å². The molecule has 0 radical (unpaired) electrons.